The van der Waals surface area contributed by atoms with Crippen LogP contribution in [0.2, 0.25) is 0 Å². The lowest BCUT2D eigenvalue weighted by atomic mass is 10.2. The van der Waals surface area contributed by atoms with Gasteiger partial charge in [-0.15, -0.1) is 10.1 Å². The SMILES string of the molecule is O=[N+]([O-])OCCOc1ccc([N+](=O)[O-])cc1[N+](=O)[O-]. The van der Waals surface area contributed by atoms with E-state index in [1.807, 2.05) is 0 Å². The number of rotatable bonds is 7. The molecule has 0 aliphatic rings. The average Bonchev–Trinajstić information content (AvgIpc) is 2.34. The Morgan fingerprint density at radius 2 is 1.68 bits per heavy atom. The minimum Gasteiger partial charge on any atom is -0.485 e. The fraction of sp³-hybridized carbons (Fsp3) is 0.250. The van der Waals surface area contributed by atoms with Crippen molar-refractivity contribution < 1.29 is 24.5 Å². The zero-order valence-corrected chi connectivity index (χ0v) is 9.25. The summed E-state index contributed by atoms with van der Waals surface area (Å²) in [5.74, 6) is -0.234. The second kappa shape index (κ2) is 6.09. The Morgan fingerprint density at radius 3 is 2.21 bits per heavy atom. The minimum absolute atomic E-state index is 0.234. The van der Waals surface area contributed by atoms with Gasteiger partial charge in [-0.05, 0) is 6.07 Å². The fourth-order valence-electron chi connectivity index (χ4n) is 1.15. The van der Waals surface area contributed by atoms with E-state index in [4.69, 9.17) is 4.74 Å². The van der Waals surface area contributed by atoms with E-state index in [0.29, 0.717) is 0 Å². The van der Waals surface area contributed by atoms with Gasteiger partial charge in [0.25, 0.3) is 10.8 Å². The summed E-state index contributed by atoms with van der Waals surface area (Å²) in [6.45, 7) is -0.721. The Morgan fingerprint density at radius 1 is 1.00 bits per heavy atom. The van der Waals surface area contributed by atoms with Crippen LogP contribution >= 0.6 is 0 Å². The van der Waals surface area contributed by atoms with Gasteiger partial charge in [-0.25, -0.2) is 0 Å². The number of nitro groups is 2. The van der Waals surface area contributed by atoms with Gasteiger partial charge < -0.3 is 9.57 Å². The van der Waals surface area contributed by atoms with Crippen molar-refractivity contribution in [2.45, 2.75) is 0 Å². The first-order valence-electron chi connectivity index (χ1n) is 4.74. The first-order chi connectivity index (χ1) is 8.91. The van der Waals surface area contributed by atoms with E-state index in [1.54, 1.807) is 0 Å². The zero-order valence-electron chi connectivity index (χ0n) is 9.25. The van der Waals surface area contributed by atoms with Crippen LogP contribution in [0.1, 0.15) is 0 Å². The van der Waals surface area contributed by atoms with Gasteiger partial charge in [0.15, 0.2) is 5.75 Å². The highest BCUT2D eigenvalue weighted by Crippen LogP contribution is 2.30. The molecule has 0 heterocycles. The number of benzene rings is 1. The van der Waals surface area contributed by atoms with Gasteiger partial charge in [-0.2, -0.15) is 0 Å². The number of ether oxygens (including phenoxy) is 1. The smallest absolute Gasteiger partial charge is 0.317 e. The van der Waals surface area contributed by atoms with Crippen LogP contribution < -0.4 is 4.74 Å². The molecule has 0 radical (unpaired) electrons. The molecule has 0 saturated carbocycles. The molecule has 1 rings (SSSR count). The van der Waals surface area contributed by atoms with Crippen molar-refractivity contribution in [2.24, 2.45) is 0 Å². The lowest BCUT2D eigenvalue weighted by Crippen LogP contribution is -2.11. The molecule has 0 aliphatic carbocycles. The maximum Gasteiger partial charge on any atom is 0.317 e. The van der Waals surface area contributed by atoms with Crippen LogP contribution in [0.5, 0.6) is 5.75 Å². The molecular weight excluding hydrogens is 266 g/mol. The topological polar surface area (TPSA) is 148 Å². The first-order valence-corrected chi connectivity index (χ1v) is 4.74. The van der Waals surface area contributed by atoms with Gasteiger partial charge in [-0.3, -0.25) is 20.2 Å². The van der Waals surface area contributed by atoms with E-state index in [-0.39, 0.29) is 12.4 Å². The van der Waals surface area contributed by atoms with Crippen LogP contribution in [-0.2, 0) is 4.84 Å². The quantitative estimate of drug-likeness (QED) is 0.407. The maximum atomic E-state index is 10.7. The third kappa shape index (κ3) is 4.07. The third-order valence-electron chi connectivity index (χ3n) is 1.89. The molecule has 0 aliphatic heterocycles. The molecule has 0 bridgehead atoms. The number of nitro benzene ring substituents is 2. The van der Waals surface area contributed by atoms with E-state index in [0.717, 1.165) is 18.2 Å². The molecule has 102 valence electrons. The van der Waals surface area contributed by atoms with Crippen molar-refractivity contribution in [1.29, 1.82) is 0 Å². The van der Waals surface area contributed by atoms with Gasteiger partial charge in [0, 0.05) is 6.07 Å². The van der Waals surface area contributed by atoms with Crippen molar-refractivity contribution in [3.8, 4) is 5.75 Å². The summed E-state index contributed by atoms with van der Waals surface area (Å²) in [4.78, 5) is 33.3. The van der Waals surface area contributed by atoms with E-state index in [9.17, 15) is 30.3 Å². The van der Waals surface area contributed by atoms with Crippen molar-refractivity contribution in [3.63, 3.8) is 0 Å². The monoisotopic (exact) mass is 273 g/mol. The molecule has 0 saturated heterocycles. The van der Waals surface area contributed by atoms with Gasteiger partial charge in [0.1, 0.15) is 13.2 Å². The molecule has 0 aromatic heterocycles. The fourth-order valence-corrected chi connectivity index (χ4v) is 1.15. The molecule has 0 N–H and O–H groups in total. The van der Waals surface area contributed by atoms with Crippen molar-refractivity contribution in [3.05, 3.63) is 48.5 Å². The molecular formula is C8H7N3O8. The predicted octanol–water partition coefficient (Wildman–Crippen LogP) is 1.09. The Balaban J connectivity index is 2.79. The number of hydrogen-bond donors (Lipinski definition) is 0. The molecule has 1 aromatic carbocycles. The van der Waals surface area contributed by atoms with Crippen molar-refractivity contribution in [2.75, 3.05) is 13.2 Å². The zero-order chi connectivity index (χ0) is 14.4. The summed E-state index contributed by atoms with van der Waals surface area (Å²) in [5, 5.41) is 30.0. The first kappa shape index (κ1) is 14.1. The molecule has 11 heteroatoms. The van der Waals surface area contributed by atoms with Gasteiger partial charge in [0.05, 0.1) is 15.9 Å². The van der Waals surface area contributed by atoms with Gasteiger partial charge >= 0.3 is 5.69 Å². The third-order valence-corrected chi connectivity index (χ3v) is 1.89. The number of hydrogen-bond acceptors (Lipinski definition) is 8. The largest absolute Gasteiger partial charge is 0.485 e. The molecule has 0 unspecified atom stereocenters. The summed E-state index contributed by atoms with van der Waals surface area (Å²) in [5.41, 5.74) is -1.06. The van der Waals surface area contributed by atoms with Crippen LogP contribution in [0.25, 0.3) is 0 Å². The summed E-state index contributed by atoms with van der Waals surface area (Å²) in [6.07, 6.45) is 0. The average molecular weight is 273 g/mol. The van der Waals surface area contributed by atoms with Crippen LogP contribution in [0.4, 0.5) is 11.4 Å². The molecule has 0 fully saturated rings. The Bertz CT molecular complexity index is 517. The Hall–Kier alpha value is -2.98. The highest BCUT2D eigenvalue weighted by atomic mass is 17.0. The molecule has 1 aromatic rings. The van der Waals surface area contributed by atoms with Crippen LogP contribution in [0, 0.1) is 30.3 Å². The minimum atomic E-state index is -1.03. The van der Waals surface area contributed by atoms with Gasteiger partial charge in [0.2, 0.25) is 0 Å². The molecule has 11 nitrogen and oxygen atoms in total. The van der Waals surface area contributed by atoms with E-state index in [1.165, 1.54) is 0 Å². The molecule has 0 spiro atoms. The number of nitrogens with zero attached hydrogens (tertiary/aromatic N) is 3. The van der Waals surface area contributed by atoms with E-state index in [2.05, 4.69) is 4.84 Å². The lowest BCUT2D eigenvalue weighted by Gasteiger charge is -2.05. The highest BCUT2D eigenvalue weighted by molar-refractivity contribution is 5.53. The Kier molecular flexibility index (Phi) is 4.51. The molecule has 0 amide bonds. The molecule has 0 atom stereocenters. The van der Waals surface area contributed by atoms with Crippen molar-refractivity contribution in [1.82, 2.24) is 0 Å². The summed E-state index contributed by atoms with van der Waals surface area (Å²) >= 11 is 0. The highest BCUT2D eigenvalue weighted by Gasteiger charge is 2.20. The van der Waals surface area contributed by atoms with Crippen LogP contribution in [0.15, 0.2) is 18.2 Å². The van der Waals surface area contributed by atoms with Crippen LogP contribution in [-0.4, -0.2) is 28.1 Å². The van der Waals surface area contributed by atoms with Crippen LogP contribution in [0.3, 0.4) is 0 Å². The summed E-state index contributed by atoms with van der Waals surface area (Å²) < 4.78 is 4.89. The lowest BCUT2D eigenvalue weighted by molar-refractivity contribution is -0.757. The maximum absolute atomic E-state index is 10.7. The standard InChI is InChI=1S/C8H7N3O8/c12-9(13)6-1-2-8(7(5-6)10(14)15)18-3-4-19-11(16)17/h1-2,5H,3-4H2. The normalized spacial score (nSPS) is 9.68. The summed E-state index contributed by atoms with van der Waals surface area (Å²) in [6, 6.07) is 2.81. The summed E-state index contributed by atoms with van der Waals surface area (Å²) in [7, 11) is 0. The van der Waals surface area contributed by atoms with E-state index >= 15 is 0 Å². The number of non-ortho nitro benzene ring substituents is 1. The van der Waals surface area contributed by atoms with E-state index < -0.39 is 32.9 Å². The second-order valence-corrected chi connectivity index (χ2v) is 3.07. The second-order valence-electron chi connectivity index (χ2n) is 3.07. The van der Waals surface area contributed by atoms with Crippen molar-refractivity contribution >= 4 is 11.4 Å². The predicted molar refractivity (Wildman–Crippen MR) is 58.2 cm³/mol. The molecule has 19 heavy (non-hydrogen) atoms. The van der Waals surface area contributed by atoms with Gasteiger partial charge in [-0.1, -0.05) is 0 Å². The Labute approximate surface area is 104 Å².